The van der Waals surface area contributed by atoms with Crippen LogP contribution in [0.1, 0.15) is 43.0 Å². The van der Waals surface area contributed by atoms with E-state index in [1.54, 1.807) is 11.6 Å². The van der Waals surface area contributed by atoms with Gasteiger partial charge < -0.3 is 9.88 Å². The monoisotopic (exact) mass is 310 g/mol. The van der Waals surface area contributed by atoms with Crippen LogP contribution in [0.25, 0.3) is 10.9 Å². The number of aryl methyl sites for hydroxylation is 1. The molecule has 23 heavy (non-hydrogen) atoms. The molecule has 0 bridgehead atoms. The Bertz CT molecular complexity index is 833. The van der Waals surface area contributed by atoms with E-state index in [0.717, 1.165) is 23.7 Å². The third-order valence-electron chi connectivity index (χ3n) is 4.63. The summed E-state index contributed by atoms with van der Waals surface area (Å²) in [6.07, 6.45) is 6.77. The number of carbonyl (C=O) groups is 1. The van der Waals surface area contributed by atoms with Crippen molar-refractivity contribution in [2.45, 2.75) is 38.6 Å². The summed E-state index contributed by atoms with van der Waals surface area (Å²) in [6, 6.07) is 8.94. The lowest BCUT2D eigenvalue weighted by Crippen LogP contribution is -2.35. The second-order valence-electron chi connectivity index (χ2n) is 6.19. The molecule has 0 radical (unpaired) electrons. The summed E-state index contributed by atoms with van der Waals surface area (Å²) < 4.78 is 1.57. The number of pyridine rings is 1. The number of nitrogens with one attached hydrogen (secondary N) is 1. The van der Waals surface area contributed by atoms with Crippen molar-refractivity contribution < 1.29 is 4.79 Å². The van der Waals surface area contributed by atoms with E-state index in [4.69, 9.17) is 0 Å². The number of aromatic nitrogens is 1. The van der Waals surface area contributed by atoms with Gasteiger partial charge in [-0.3, -0.25) is 9.59 Å². The fourth-order valence-corrected chi connectivity index (χ4v) is 3.22. The molecule has 3 rings (SSSR count). The van der Waals surface area contributed by atoms with Crippen molar-refractivity contribution in [2.24, 2.45) is 7.05 Å². The smallest absolute Gasteiger partial charge is 0.252 e. The molecule has 0 spiro atoms. The first-order chi connectivity index (χ1) is 11.1. The van der Waals surface area contributed by atoms with Gasteiger partial charge in [-0.15, -0.1) is 0 Å². The maximum absolute atomic E-state index is 12.7. The molecule has 1 atom stereocenters. The number of hydrogen-bond acceptors (Lipinski definition) is 2. The van der Waals surface area contributed by atoms with Crippen molar-refractivity contribution in [3.63, 3.8) is 0 Å². The summed E-state index contributed by atoms with van der Waals surface area (Å²) in [7, 11) is 1.72. The van der Waals surface area contributed by atoms with Gasteiger partial charge in [0.25, 0.3) is 11.5 Å². The molecule has 1 aromatic carbocycles. The third kappa shape index (κ3) is 3.07. The highest BCUT2D eigenvalue weighted by atomic mass is 16.2. The van der Waals surface area contributed by atoms with Crippen LogP contribution < -0.4 is 10.9 Å². The first-order valence-corrected chi connectivity index (χ1v) is 8.16. The van der Waals surface area contributed by atoms with E-state index in [1.807, 2.05) is 31.2 Å². The molecular weight excluding hydrogens is 288 g/mol. The maximum Gasteiger partial charge on any atom is 0.252 e. The second-order valence-corrected chi connectivity index (χ2v) is 6.19. The molecule has 1 aliphatic carbocycles. The number of hydrogen-bond donors (Lipinski definition) is 1. The molecule has 0 unspecified atom stereocenters. The third-order valence-corrected chi connectivity index (χ3v) is 4.63. The number of allylic oxidation sites excluding steroid dienone is 1. The van der Waals surface area contributed by atoms with E-state index < -0.39 is 0 Å². The fourth-order valence-electron chi connectivity index (χ4n) is 3.22. The minimum Gasteiger partial charge on any atom is -0.346 e. The van der Waals surface area contributed by atoms with Gasteiger partial charge in [-0.05, 0) is 38.7 Å². The molecule has 1 heterocycles. The maximum atomic E-state index is 12.7. The van der Waals surface area contributed by atoms with Crippen molar-refractivity contribution in [3.8, 4) is 0 Å². The average molecular weight is 310 g/mol. The zero-order valence-corrected chi connectivity index (χ0v) is 13.6. The lowest BCUT2D eigenvalue weighted by atomic mass is 9.94. The molecule has 1 N–H and O–H groups in total. The zero-order chi connectivity index (χ0) is 16.4. The first-order valence-electron chi connectivity index (χ1n) is 8.16. The topological polar surface area (TPSA) is 51.1 Å². The number of amides is 1. The minimum atomic E-state index is -0.183. The van der Waals surface area contributed by atoms with Gasteiger partial charge in [-0.25, -0.2) is 0 Å². The Hall–Kier alpha value is -2.36. The molecule has 1 aliphatic rings. The molecule has 4 heteroatoms. The van der Waals surface area contributed by atoms with Crippen molar-refractivity contribution in [2.75, 3.05) is 0 Å². The highest BCUT2D eigenvalue weighted by Crippen LogP contribution is 2.21. The van der Waals surface area contributed by atoms with E-state index in [2.05, 4.69) is 11.4 Å². The number of carbonyl (C=O) groups excluding carboxylic acids is 1. The van der Waals surface area contributed by atoms with Gasteiger partial charge in [0.2, 0.25) is 0 Å². The summed E-state index contributed by atoms with van der Waals surface area (Å²) in [5.41, 5.74) is 2.35. The molecule has 1 aromatic heterocycles. The summed E-state index contributed by atoms with van der Waals surface area (Å²) in [6.45, 7) is 2.01. The predicted molar refractivity (Wildman–Crippen MR) is 92.7 cm³/mol. The van der Waals surface area contributed by atoms with E-state index in [-0.39, 0.29) is 17.5 Å². The minimum absolute atomic E-state index is 0.00520. The van der Waals surface area contributed by atoms with Gasteiger partial charge >= 0.3 is 0 Å². The molecular formula is C19H22N2O2. The van der Waals surface area contributed by atoms with E-state index in [9.17, 15) is 9.59 Å². The Morgan fingerprint density at radius 2 is 2.04 bits per heavy atom. The molecule has 0 aliphatic heterocycles. The van der Waals surface area contributed by atoms with Crippen LogP contribution in [0, 0.1) is 0 Å². The van der Waals surface area contributed by atoms with Crippen molar-refractivity contribution >= 4 is 16.8 Å². The van der Waals surface area contributed by atoms with E-state index in [1.165, 1.54) is 24.5 Å². The first kappa shape index (κ1) is 15.5. The lowest BCUT2D eigenvalue weighted by molar-refractivity contribution is 0.0946. The van der Waals surface area contributed by atoms with Crippen molar-refractivity contribution in [3.05, 3.63) is 57.9 Å². The van der Waals surface area contributed by atoms with Crippen molar-refractivity contribution in [1.29, 1.82) is 0 Å². The quantitative estimate of drug-likeness (QED) is 0.885. The van der Waals surface area contributed by atoms with Crippen LogP contribution in [-0.2, 0) is 7.05 Å². The largest absolute Gasteiger partial charge is 0.346 e. The fraction of sp³-hybridized carbons (Fsp3) is 0.368. The van der Waals surface area contributed by atoms with Crippen molar-refractivity contribution in [1.82, 2.24) is 9.88 Å². The molecule has 0 saturated heterocycles. The standard InChI is InChI=1S/C19H22N2O2/c1-13(14-8-4-3-5-9-14)20-19(23)16-12-18(22)21(2)17-11-7-6-10-15(16)17/h6-8,10-13H,3-5,9H2,1-2H3,(H,20,23)/t13-/m0/s1. The Labute approximate surface area is 135 Å². The molecule has 0 saturated carbocycles. The van der Waals surface area contributed by atoms with Crippen LogP contribution in [0.4, 0.5) is 0 Å². The zero-order valence-electron chi connectivity index (χ0n) is 13.6. The van der Waals surface area contributed by atoms with Gasteiger partial charge in [-0.2, -0.15) is 0 Å². The summed E-state index contributed by atoms with van der Waals surface area (Å²) in [5, 5.41) is 3.85. The van der Waals surface area contributed by atoms with Gasteiger partial charge in [0, 0.05) is 24.5 Å². The Balaban J connectivity index is 1.94. The highest BCUT2D eigenvalue weighted by molar-refractivity contribution is 6.06. The SMILES string of the molecule is C[C@H](NC(=O)c1cc(=O)n(C)c2ccccc12)C1=CCCCC1. The van der Waals surface area contributed by atoms with Crippen LogP contribution in [0.2, 0.25) is 0 Å². The molecule has 120 valence electrons. The number of benzene rings is 1. The van der Waals surface area contributed by atoms with Crippen LogP contribution in [0.3, 0.4) is 0 Å². The van der Waals surface area contributed by atoms with Gasteiger partial charge in [-0.1, -0.05) is 29.8 Å². The molecule has 4 nitrogen and oxygen atoms in total. The summed E-state index contributed by atoms with van der Waals surface area (Å²) >= 11 is 0. The van der Waals surface area contributed by atoms with Gasteiger partial charge in [0.15, 0.2) is 0 Å². The van der Waals surface area contributed by atoms with Crippen LogP contribution in [0.15, 0.2) is 46.8 Å². The number of rotatable bonds is 3. The lowest BCUT2D eigenvalue weighted by Gasteiger charge is -2.21. The van der Waals surface area contributed by atoms with E-state index >= 15 is 0 Å². The average Bonchev–Trinajstić information content (AvgIpc) is 2.58. The van der Waals surface area contributed by atoms with Gasteiger partial charge in [0.05, 0.1) is 11.1 Å². The normalized spacial score (nSPS) is 16.0. The van der Waals surface area contributed by atoms with Crippen LogP contribution >= 0.6 is 0 Å². The predicted octanol–water partition coefficient (Wildman–Crippen LogP) is 3.16. The summed E-state index contributed by atoms with van der Waals surface area (Å²) in [4.78, 5) is 24.8. The highest BCUT2D eigenvalue weighted by Gasteiger charge is 2.18. The second kappa shape index (κ2) is 6.41. The number of para-hydroxylation sites is 1. The Kier molecular flexibility index (Phi) is 4.33. The molecule has 2 aromatic rings. The van der Waals surface area contributed by atoms with Crippen LogP contribution in [-0.4, -0.2) is 16.5 Å². The van der Waals surface area contributed by atoms with Crippen LogP contribution in [0.5, 0.6) is 0 Å². The Morgan fingerprint density at radius 3 is 2.78 bits per heavy atom. The van der Waals surface area contributed by atoms with E-state index in [0.29, 0.717) is 5.56 Å². The molecule has 1 amide bonds. The molecule has 0 fully saturated rings. The Morgan fingerprint density at radius 1 is 1.26 bits per heavy atom. The number of fused-ring (bicyclic) bond motifs is 1. The number of nitrogens with zero attached hydrogens (tertiary/aromatic N) is 1. The van der Waals surface area contributed by atoms with Gasteiger partial charge in [0.1, 0.15) is 0 Å². The summed E-state index contributed by atoms with van der Waals surface area (Å²) in [5.74, 6) is -0.183.